The van der Waals surface area contributed by atoms with E-state index in [2.05, 4.69) is 13.8 Å². The largest absolute Gasteiger partial charge is 0.493 e. The molecule has 0 aromatic heterocycles. The minimum atomic E-state index is -0.477. The van der Waals surface area contributed by atoms with Gasteiger partial charge in [0.05, 0.1) is 12.7 Å². The Balaban J connectivity index is 2.58. The molecule has 0 amide bonds. The molecular weight excluding hydrogens is 212 g/mol. The van der Waals surface area contributed by atoms with E-state index in [9.17, 15) is 5.11 Å². The highest BCUT2D eigenvalue weighted by atomic mass is 16.5. The van der Waals surface area contributed by atoms with Crippen molar-refractivity contribution in [2.45, 2.75) is 46.6 Å². The SMILES string of the molecule is Cc1ccc(OCCCC(C)C)c([C@@H](C)O)c1. The van der Waals surface area contributed by atoms with E-state index in [-0.39, 0.29) is 0 Å². The minimum Gasteiger partial charge on any atom is -0.493 e. The van der Waals surface area contributed by atoms with Crippen molar-refractivity contribution in [3.05, 3.63) is 29.3 Å². The summed E-state index contributed by atoms with van der Waals surface area (Å²) in [7, 11) is 0. The summed E-state index contributed by atoms with van der Waals surface area (Å²) in [5.74, 6) is 1.53. The molecule has 0 unspecified atom stereocenters. The smallest absolute Gasteiger partial charge is 0.125 e. The fourth-order valence-electron chi connectivity index (χ4n) is 1.80. The zero-order chi connectivity index (χ0) is 12.8. The summed E-state index contributed by atoms with van der Waals surface area (Å²) in [4.78, 5) is 0. The van der Waals surface area contributed by atoms with Crippen molar-refractivity contribution in [2.75, 3.05) is 6.61 Å². The number of aliphatic hydroxyl groups is 1. The van der Waals surface area contributed by atoms with Gasteiger partial charge in [0, 0.05) is 5.56 Å². The number of benzene rings is 1. The van der Waals surface area contributed by atoms with Gasteiger partial charge in [0.25, 0.3) is 0 Å². The number of hydrogen-bond donors (Lipinski definition) is 1. The van der Waals surface area contributed by atoms with Gasteiger partial charge < -0.3 is 9.84 Å². The van der Waals surface area contributed by atoms with Crippen molar-refractivity contribution in [2.24, 2.45) is 5.92 Å². The van der Waals surface area contributed by atoms with Crippen LogP contribution in [0, 0.1) is 12.8 Å². The van der Waals surface area contributed by atoms with Crippen LogP contribution in [0.3, 0.4) is 0 Å². The lowest BCUT2D eigenvalue weighted by Crippen LogP contribution is -2.03. The fourth-order valence-corrected chi connectivity index (χ4v) is 1.80. The molecule has 1 aromatic carbocycles. The monoisotopic (exact) mass is 236 g/mol. The molecule has 96 valence electrons. The topological polar surface area (TPSA) is 29.5 Å². The van der Waals surface area contributed by atoms with E-state index in [4.69, 9.17) is 4.74 Å². The Kier molecular flexibility index (Phi) is 5.49. The molecule has 0 aliphatic heterocycles. The summed E-state index contributed by atoms with van der Waals surface area (Å²) in [6.45, 7) is 8.95. The first kappa shape index (κ1) is 14.0. The molecule has 0 spiro atoms. The first-order chi connectivity index (χ1) is 8.00. The van der Waals surface area contributed by atoms with Crippen LogP contribution in [-0.4, -0.2) is 11.7 Å². The van der Waals surface area contributed by atoms with E-state index in [1.807, 2.05) is 25.1 Å². The van der Waals surface area contributed by atoms with Gasteiger partial charge in [0.2, 0.25) is 0 Å². The molecule has 0 saturated heterocycles. The summed E-state index contributed by atoms with van der Waals surface area (Å²) in [5.41, 5.74) is 2.03. The summed E-state index contributed by atoms with van der Waals surface area (Å²) >= 11 is 0. The van der Waals surface area contributed by atoms with Crippen LogP contribution in [0.5, 0.6) is 5.75 Å². The van der Waals surface area contributed by atoms with Gasteiger partial charge >= 0.3 is 0 Å². The Labute approximate surface area is 105 Å². The Morgan fingerprint density at radius 3 is 2.53 bits per heavy atom. The average Bonchev–Trinajstić information content (AvgIpc) is 2.25. The number of aliphatic hydroxyl groups excluding tert-OH is 1. The molecule has 0 radical (unpaired) electrons. The standard InChI is InChI=1S/C15H24O2/c1-11(2)6-5-9-17-15-8-7-12(3)10-14(15)13(4)16/h7-8,10-11,13,16H,5-6,9H2,1-4H3/t13-/m1/s1. The average molecular weight is 236 g/mol. The molecule has 1 aromatic rings. The molecule has 0 fully saturated rings. The van der Waals surface area contributed by atoms with Crippen molar-refractivity contribution in [1.29, 1.82) is 0 Å². The lowest BCUT2D eigenvalue weighted by molar-refractivity contribution is 0.190. The Morgan fingerprint density at radius 2 is 1.94 bits per heavy atom. The first-order valence-corrected chi connectivity index (χ1v) is 6.42. The summed E-state index contributed by atoms with van der Waals surface area (Å²) in [5, 5.41) is 9.69. The highest BCUT2D eigenvalue weighted by molar-refractivity contribution is 5.38. The van der Waals surface area contributed by atoms with Gasteiger partial charge in [-0.3, -0.25) is 0 Å². The van der Waals surface area contributed by atoms with Crippen molar-refractivity contribution < 1.29 is 9.84 Å². The third-order valence-electron chi connectivity index (χ3n) is 2.80. The van der Waals surface area contributed by atoms with Gasteiger partial charge in [0.15, 0.2) is 0 Å². The molecule has 0 bridgehead atoms. The number of hydrogen-bond acceptors (Lipinski definition) is 2. The van der Waals surface area contributed by atoms with Crippen molar-refractivity contribution in [3.63, 3.8) is 0 Å². The van der Waals surface area contributed by atoms with Crippen molar-refractivity contribution in [1.82, 2.24) is 0 Å². The molecular formula is C15H24O2. The first-order valence-electron chi connectivity index (χ1n) is 6.42. The van der Waals surface area contributed by atoms with Gasteiger partial charge in [-0.15, -0.1) is 0 Å². The molecule has 0 heterocycles. The third-order valence-corrected chi connectivity index (χ3v) is 2.80. The predicted molar refractivity (Wildman–Crippen MR) is 71.4 cm³/mol. The van der Waals surface area contributed by atoms with Gasteiger partial charge in [-0.05, 0) is 44.7 Å². The summed E-state index contributed by atoms with van der Waals surface area (Å²) < 4.78 is 5.74. The molecule has 0 aliphatic carbocycles. The van der Waals surface area contributed by atoms with Gasteiger partial charge in [-0.1, -0.05) is 25.5 Å². The Morgan fingerprint density at radius 1 is 1.24 bits per heavy atom. The van der Waals surface area contributed by atoms with Gasteiger partial charge in [-0.2, -0.15) is 0 Å². The molecule has 1 atom stereocenters. The van der Waals surface area contributed by atoms with E-state index in [0.717, 1.165) is 29.9 Å². The molecule has 17 heavy (non-hydrogen) atoms. The molecule has 1 rings (SSSR count). The van der Waals surface area contributed by atoms with Gasteiger partial charge in [-0.25, -0.2) is 0 Å². The van der Waals surface area contributed by atoms with Crippen LogP contribution < -0.4 is 4.74 Å². The summed E-state index contributed by atoms with van der Waals surface area (Å²) in [6.07, 6.45) is 1.76. The van der Waals surface area contributed by atoms with Crippen LogP contribution in [0.15, 0.2) is 18.2 Å². The van der Waals surface area contributed by atoms with Crippen LogP contribution in [0.1, 0.15) is 50.8 Å². The third kappa shape index (κ3) is 4.78. The fraction of sp³-hybridized carbons (Fsp3) is 0.600. The van der Waals surface area contributed by atoms with E-state index >= 15 is 0 Å². The lowest BCUT2D eigenvalue weighted by atomic mass is 10.1. The highest BCUT2D eigenvalue weighted by Gasteiger charge is 2.09. The van der Waals surface area contributed by atoms with Crippen molar-refractivity contribution in [3.8, 4) is 5.75 Å². The summed E-state index contributed by atoms with van der Waals surface area (Å²) in [6, 6.07) is 5.96. The van der Waals surface area contributed by atoms with E-state index in [0.29, 0.717) is 5.92 Å². The normalized spacial score (nSPS) is 12.8. The quantitative estimate of drug-likeness (QED) is 0.760. The van der Waals surface area contributed by atoms with Crippen LogP contribution in [0.25, 0.3) is 0 Å². The predicted octanol–water partition coefficient (Wildman–Crippen LogP) is 3.86. The molecule has 1 N–H and O–H groups in total. The highest BCUT2D eigenvalue weighted by Crippen LogP contribution is 2.26. The van der Waals surface area contributed by atoms with Crippen LogP contribution in [0.2, 0.25) is 0 Å². The zero-order valence-electron chi connectivity index (χ0n) is 11.4. The molecule has 0 aliphatic rings. The van der Waals surface area contributed by atoms with E-state index in [1.165, 1.54) is 6.42 Å². The minimum absolute atomic E-state index is 0.477. The Hall–Kier alpha value is -1.02. The van der Waals surface area contributed by atoms with Crippen LogP contribution in [0.4, 0.5) is 0 Å². The maximum absolute atomic E-state index is 9.69. The number of ether oxygens (including phenoxy) is 1. The maximum Gasteiger partial charge on any atom is 0.125 e. The second-order valence-corrected chi connectivity index (χ2v) is 5.10. The second kappa shape index (κ2) is 6.65. The Bertz CT molecular complexity index is 343. The maximum atomic E-state index is 9.69. The van der Waals surface area contributed by atoms with Crippen LogP contribution in [-0.2, 0) is 0 Å². The number of rotatable bonds is 6. The molecule has 2 nitrogen and oxygen atoms in total. The molecule has 0 saturated carbocycles. The second-order valence-electron chi connectivity index (χ2n) is 5.10. The van der Waals surface area contributed by atoms with Gasteiger partial charge in [0.1, 0.15) is 5.75 Å². The van der Waals surface area contributed by atoms with Crippen LogP contribution >= 0.6 is 0 Å². The van der Waals surface area contributed by atoms with E-state index in [1.54, 1.807) is 6.92 Å². The van der Waals surface area contributed by atoms with Crippen molar-refractivity contribution >= 4 is 0 Å². The zero-order valence-corrected chi connectivity index (χ0v) is 11.4. The molecule has 2 heteroatoms. The number of aryl methyl sites for hydroxylation is 1. The lowest BCUT2D eigenvalue weighted by Gasteiger charge is -2.14. The van der Waals surface area contributed by atoms with E-state index < -0.39 is 6.10 Å².